The van der Waals surface area contributed by atoms with Crippen LogP contribution < -0.4 is 20.7 Å². The largest absolute Gasteiger partial charge is 0.491 e. The number of halogens is 1. The second-order valence-corrected chi connectivity index (χ2v) is 6.82. The van der Waals surface area contributed by atoms with Gasteiger partial charge in [0.05, 0.1) is 6.61 Å². The number of amides is 1. The average Bonchev–Trinajstić information content (AvgIpc) is 2.72. The fourth-order valence-corrected chi connectivity index (χ4v) is 2.84. The molecule has 2 aromatic carbocycles. The van der Waals surface area contributed by atoms with Gasteiger partial charge in [0.1, 0.15) is 12.4 Å². The Morgan fingerprint density at radius 2 is 1.84 bits per heavy atom. The number of ether oxygens (including phenoxy) is 2. The van der Waals surface area contributed by atoms with E-state index in [4.69, 9.17) is 9.47 Å². The number of nitrogens with zero attached hydrogens (tertiary/aromatic N) is 1. The SMILES string of the molecule is CCOCCOc1cc(C)ccc1CNC(=NC)NCc1cccc(NC(C)=O)c1.I. The highest BCUT2D eigenvalue weighted by molar-refractivity contribution is 14.0. The van der Waals surface area contributed by atoms with Crippen LogP contribution in [0, 0.1) is 6.92 Å². The Morgan fingerprint density at radius 3 is 2.55 bits per heavy atom. The molecule has 0 atom stereocenters. The van der Waals surface area contributed by atoms with Gasteiger partial charge in [0.25, 0.3) is 0 Å². The van der Waals surface area contributed by atoms with Crippen molar-refractivity contribution in [2.75, 3.05) is 32.2 Å². The molecule has 8 heteroatoms. The van der Waals surface area contributed by atoms with Crippen molar-refractivity contribution in [3.05, 3.63) is 59.2 Å². The fourth-order valence-electron chi connectivity index (χ4n) is 2.84. The van der Waals surface area contributed by atoms with Crippen LogP contribution in [0.25, 0.3) is 0 Å². The number of hydrogen-bond acceptors (Lipinski definition) is 4. The fraction of sp³-hybridized carbons (Fsp3) is 0.391. The van der Waals surface area contributed by atoms with E-state index < -0.39 is 0 Å². The molecule has 7 nitrogen and oxygen atoms in total. The summed E-state index contributed by atoms with van der Waals surface area (Å²) in [6.07, 6.45) is 0. The summed E-state index contributed by atoms with van der Waals surface area (Å²) in [5, 5.41) is 9.41. The van der Waals surface area contributed by atoms with E-state index in [1.807, 2.05) is 44.2 Å². The monoisotopic (exact) mass is 540 g/mol. The van der Waals surface area contributed by atoms with Gasteiger partial charge in [-0.1, -0.05) is 24.3 Å². The predicted molar refractivity (Wildman–Crippen MR) is 136 cm³/mol. The third-order valence-corrected chi connectivity index (χ3v) is 4.29. The first-order chi connectivity index (χ1) is 14.5. The molecule has 1 amide bonds. The quantitative estimate of drug-likeness (QED) is 0.185. The first kappa shape index (κ1) is 26.7. The van der Waals surface area contributed by atoms with E-state index in [-0.39, 0.29) is 29.9 Å². The maximum atomic E-state index is 11.2. The van der Waals surface area contributed by atoms with E-state index in [0.717, 1.165) is 28.1 Å². The summed E-state index contributed by atoms with van der Waals surface area (Å²) in [4.78, 5) is 15.5. The van der Waals surface area contributed by atoms with Gasteiger partial charge >= 0.3 is 0 Å². The summed E-state index contributed by atoms with van der Waals surface area (Å²) in [6, 6.07) is 13.9. The van der Waals surface area contributed by atoms with Crippen molar-refractivity contribution in [3.8, 4) is 5.75 Å². The van der Waals surface area contributed by atoms with E-state index in [0.29, 0.717) is 38.9 Å². The van der Waals surface area contributed by atoms with E-state index in [1.165, 1.54) is 6.92 Å². The lowest BCUT2D eigenvalue weighted by Gasteiger charge is -2.16. The minimum Gasteiger partial charge on any atom is -0.491 e. The second kappa shape index (κ2) is 14.6. The molecule has 31 heavy (non-hydrogen) atoms. The molecule has 0 aliphatic heterocycles. The molecule has 0 unspecified atom stereocenters. The van der Waals surface area contributed by atoms with Crippen LogP contribution >= 0.6 is 24.0 Å². The van der Waals surface area contributed by atoms with Gasteiger partial charge in [-0.15, -0.1) is 24.0 Å². The maximum Gasteiger partial charge on any atom is 0.221 e. The van der Waals surface area contributed by atoms with E-state index in [9.17, 15) is 4.79 Å². The average molecular weight is 540 g/mol. The van der Waals surface area contributed by atoms with Crippen molar-refractivity contribution in [2.45, 2.75) is 33.9 Å². The molecule has 0 heterocycles. The van der Waals surface area contributed by atoms with Gasteiger partial charge in [-0.05, 0) is 43.2 Å². The van der Waals surface area contributed by atoms with Crippen LogP contribution in [0.15, 0.2) is 47.5 Å². The topological polar surface area (TPSA) is 84.0 Å². The Morgan fingerprint density at radius 1 is 1.06 bits per heavy atom. The molecule has 0 saturated carbocycles. The number of hydrogen-bond donors (Lipinski definition) is 3. The Kier molecular flexibility index (Phi) is 12.6. The van der Waals surface area contributed by atoms with Gasteiger partial charge in [0.15, 0.2) is 5.96 Å². The van der Waals surface area contributed by atoms with E-state index >= 15 is 0 Å². The lowest BCUT2D eigenvalue weighted by atomic mass is 10.1. The maximum absolute atomic E-state index is 11.2. The van der Waals surface area contributed by atoms with Gasteiger partial charge in [-0.2, -0.15) is 0 Å². The van der Waals surface area contributed by atoms with Gasteiger partial charge in [0, 0.05) is 44.9 Å². The van der Waals surface area contributed by atoms with Crippen molar-refractivity contribution in [3.63, 3.8) is 0 Å². The molecule has 0 aromatic heterocycles. The molecule has 0 fully saturated rings. The van der Waals surface area contributed by atoms with Crippen LogP contribution in [0.3, 0.4) is 0 Å². The highest BCUT2D eigenvalue weighted by Crippen LogP contribution is 2.20. The molecular formula is C23H33IN4O3. The summed E-state index contributed by atoms with van der Waals surface area (Å²) in [5.74, 6) is 1.44. The molecule has 0 saturated heterocycles. The van der Waals surface area contributed by atoms with Crippen molar-refractivity contribution in [1.29, 1.82) is 0 Å². The number of aliphatic imine (C=N–C) groups is 1. The number of nitrogens with one attached hydrogen (secondary N) is 3. The third kappa shape index (κ3) is 10.0. The molecule has 0 aliphatic carbocycles. The van der Waals surface area contributed by atoms with Gasteiger partial charge in [-0.3, -0.25) is 9.79 Å². The van der Waals surface area contributed by atoms with Crippen LogP contribution in [-0.4, -0.2) is 38.7 Å². The summed E-state index contributed by atoms with van der Waals surface area (Å²) in [5.41, 5.74) is 4.01. The zero-order chi connectivity index (χ0) is 21.8. The summed E-state index contributed by atoms with van der Waals surface area (Å²) in [6.45, 7) is 8.44. The number of carbonyl (C=O) groups is 1. The molecule has 3 N–H and O–H groups in total. The molecule has 2 aromatic rings. The lowest BCUT2D eigenvalue weighted by molar-refractivity contribution is -0.114. The number of anilines is 1. The van der Waals surface area contributed by atoms with Gasteiger partial charge in [-0.25, -0.2) is 0 Å². The summed E-state index contributed by atoms with van der Waals surface area (Å²) in [7, 11) is 1.73. The third-order valence-electron chi connectivity index (χ3n) is 4.29. The molecule has 0 radical (unpaired) electrons. The Hall–Kier alpha value is -2.33. The van der Waals surface area contributed by atoms with Crippen LogP contribution in [-0.2, 0) is 22.6 Å². The Labute approximate surface area is 202 Å². The minimum absolute atomic E-state index is 0. The highest BCUT2D eigenvalue weighted by atomic mass is 127. The van der Waals surface area contributed by atoms with Crippen molar-refractivity contribution in [2.24, 2.45) is 4.99 Å². The van der Waals surface area contributed by atoms with Crippen LogP contribution in [0.2, 0.25) is 0 Å². The first-order valence-electron chi connectivity index (χ1n) is 10.1. The lowest BCUT2D eigenvalue weighted by Crippen LogP contribution is -2.36. The summed E-state index contributed by atoms with van der Waals surface area (Å²) < 4.78 is 11.3. The standard InChI is InChI=1S/C23H32N4O3.HI/c1-5-29-11-12-30-22-13-17(2)9-10-20(22)16-26-23(24-4)25-15-19-7-6-8-21(14-19)27-18(3)28;/h6-10,13-14H,5,11-12,15-16H2,1-4H3,(H,27,28)(H2,24,25,26);1H. The Bertz CT molecular complexity index is 858. The van der Waals surface area contributed by atoms with E-state index in [1.54, 1.807) is 7.05 Å². The number of guanidine groups is 1. The van der Waals surface area contributed by atoms with Crippen molar-refractivity contribution < 1.29 is 14.3 Å². The van der Waals surface area contributed by atoms with Crippen molar-refractivity contribution >= 4 is 41.5 Å². The molecule has 0 bridgehead atoms. The zero-order valence-electron chi connectivity index (χ0n) is 18.7. The molecule has 170 valence electrons. The van der Waals surface area contributed by atoms with E-state index in [2.05, 4.69) is 33.1 Å². The number of carbonyl (C=O) groups excluding carboxylic acids is 1. The number of aryl methyl sites for hydroxylation is 1. The second-order valence-electron chi connectivity index (χ2n) is 6.82. The van der Waals surface area contributed by atoms with Crippen LogP contribution in [0.4, 0.5) is 5.69 Å². The number of benzene rings is 2. The molecule has 2 rings (SSSR count). The Balaban J connectivity index is 0.00000480. The van der Waals surface area contributed by atoms with Gasteiger partial charge < -0.3 is 25.4 Å². The first-order valence-corrected chi connectivity index (χ1v) is 10.1. The normalized spacial score (nSPS) is 10.8. The smallest absolute Gasteiger partial charge is 0.221 e. The molecule has 0 spiro atoms. The predicted octanol–water partition coefficient (Wildman–Crippen LogP) is 3.85. The summed E-state index contributed by atoms with van der Waals surface area (Å²) >= 11 is 0. The minimum atomic E-state index is -0.0880. The van der Waals surface area contributed by atoms with Gasteiger partial charge in [0.2, 0.25) is 5.91 Å². The van der Waals surface area contributed by atoms with Crippen LogP contribution in [0.1, 0.15) is 30.5 Å². The highest BCUT2D eigenvalue weighted by Gasteiger charge is 2.07. The molecule has 0 aliphatic rings. The zero-order valence-corrected chi connectivity index (χ0v) is 21.0. The van der Waals surface area contributed by atoms with Crippen molar-refractivity contribution in [1.82, 2.24) is 10.6 Å². The number of rotatable bonds is 10. The molecular weight excluding hydrogens is 507 g/mol. The van der Waals surface area contributed by atoms with Crippen LogP contribution in [0.5, 0.6) is 5.75 Å².